The maximum Gasteiger partial charge on any atom is 0.227 e. The zero-order valence-electron chi connectivity index (χ0n) is 18.3. The van der Waals surface area contributed by atoms with Crippen molar-refractivity contribution in [3.05, 3.63) is 53.4 Å². The maximum absolute atomic E-state index is 14.0. The van der Waals surface area contributed by atoms with Crippen LogP contribution in [-0.2, 0) is 0 Å². The molecule has 2 aliphatic heterocycles. The van der Waals surface area contributed by atoms with E-state index in [-0.39, 0.29) is 6.04 Å². The lowest BCUT2D eigenvalue weighted by Gasteiger charge is -2.41. The first-order chi connectivity index (χ1) is 16.0. The van der Waals surface area contributed by atoms with Crippen LogP contribution in [-0.4, -0.2) is 58.7 Å². The average molecular weight is 472 g/mol. The molecule has 3 aromatic rings. The van der Waals surface area contributed by atoms with Crippen LogP contribution < -0.4 is 14.7 Å². The summed E-state index contributed by atoms with van der Waals surface area (Å²) in [6.07, 6.45) is 5.38. The molecule has 33 heavy (non-hydrogen) atoms. The third-order valence-corrected chi connectivity index (χ3v) is 6.43. The van der Waals surface area contributed by atoms with E-state index in [0.29, 0.717) is 47.8 Å². The number of piperazine rings is 1. The Hall–Kier alpha value is -3.07. The molecule has 1 aromatic carbocycles. The first-order valence-electron chi connectivity index (χ1n) is 11.1. The van der Waals surface area contributed by atoms with Gasteiger partial charge in [-0.05, 0) is 38.0 Å². The highest BCUT2D eigenvalue weighted by Gasteiger charge is 2.28. The van der Waals surface area contributed by atoms with E-state index < -0.39 is 11.6 Å². The van der Waals surface area contributed by atoms with Crippen LogP contribution in [0.25, 0.3) is 11.3 Å². The van der Waals surface area contributed by atoms with Crippen molar-refractivity contribution < 1.29 is 8.78 Å². The smallest absolute Gasteiger partial charge is 0.227 e. The molecule has 0 amide bonds. The number of benzene rings is 1. The predicted molar refractivity (Wildman–Crippen MR) is 125 cm³/mol. The van der Waals surface area contributed by atoms with Gasteiger partial charge in [-0.1, -0.05) is 11.6 Å². The number of rotatable bonds is 4. The van der Waals surface area contributed by atoms with Crippen molar-refractivity contribution in [2.45, 2.75) is 25.8 Å². The van der Waals surface area contributed by atoms with Gasteiger partial charge in [-0.25, -0.2) is 23.7 Å². The number of hydrogen-bond acceptors (Lipinski definition) is 7. The first kappa shape index (κ1) is 21.8. The molecular formula is C23H24ClF2N7. The summed E-state index contributed by atoms with van der Waals surface area (Å²) < 4.78 is 27.5. The van der Waals surface area contributed by atoms with Crippen LogP contribution in [0.4, 0.5) is 26.4 Å². The second-order valence-corrected chi connectivity index (χ2v) is 8.75. The number of aromatic nitrogens is 4. The molecule has 4 heterocycles. The van der Waals surface area contributed by atoms with Gasteiger partial charge in [0.05, 0.1) is 5.69 Å². The molecule has 0 radical (unpaired) electrons. The highest BCUT2D eigenvalue weighted by Crippen LogP contribution is 2.30. The minimum atomic E-state index is -0.891. The van der Waals surface area contributed by atoms with Crippen molar-refractivity contribution in [1.29, 1.82) is 0 Å². The lowest BCUT2D eigenvalue weighted by Crippen LogP contribution is -2.52. The van der Waals surface area contributed by atoms with Crippen LogP contribution >= 0.6 is 11.6 Å². The summed E-state index contributed by atoms with van der Waals surface area (Å²) in [5.74, 6) is 0.298. The fraction of sp³-hybridized carbons (Fsp3) is 0.391. The molecule has 0 aliphatic carbocycles. The van der Waals surface area contributed by atoms with Gasteiger partial charge in [-0.3, -0.25) is 0 Å². The molecule has 2 fully saturated rings. The van der Waals surface area contributed by atoms with E-state index in [4.69, 9.17) is 21.6 Å². The van der Waals surface area contributed by atoms with Crippen molar-refractivity contribution in [2.24, 2.45) is 0 Å². The van der Waals surface area contributed by atoms with E-state index in [1.165, 1.54) is 6.07 Å². The van der Waals surface area contributed by atoms with Crippen LogP contribution in [0.5, 0.6) is 0 Å². The Bertz CT molecular complexity index is 1160. The van der Waals surface area contributed by atoms with E-state index in [0.717, 1.165) is 37.8 Å². The summed E-state index contributed by atoms with van der Waals surface area (Å²) in [5, 5.41) is 0.386. The third kappa shape index (κ3) is 4.42. The van der Waals surface area contributed by atoms with Gasteiger partial charge in [0.2, 0.25) is 5.95 Å². The molecule has 1 atom stereocenters. The molecule has 10 heteroatoms. The van der Waals surface area contributed by atoms with Crippen LogP contribution in [0.15, 0.2) is 36.7 Å². The van der Waals surface area contributed by atoms with Crippen LogP contribution in [0.1, 0.15) is 19.8 Å². The van der Waals surface area contributed by atoms with Gasteiger partial charge in [0.15, 0.2) is 22.6 Å². The molecule has 2 aliphatic rings. The fourth-order valence-electron chi connectivity index (χ4n) is 4.45. The summed E-state index contributed by atoms with van der Waals surface area (Å²) in [4.78, 5) is 24.6. The molecule has 0 spiro atoms. The molecular weight excluding hydrogens is 448 g/mol. The highest BCUT2D eigenvalue weighted by atomic mass is 35.5. The van der Waals surface area contributed by atoms with E-state index in [2.05, 4.69) is 31.6 Å². The van der Waals surface area contributed by atoms with E-state index in [1.807, 2.05) is 6.07 Å². The van der Waals surface area contributed by atoms with Gasteiger partial charge in [-0.15, -0.1) is 0 Å². The summed E-state index contributed by atoms with van der Waals surface area (Å²) in [6, 6.07) is 5.83. The Labute approximate surface area is 196 Å². The number of halogens is 3. The van der Waals surface area contributed by atoms with Crippen LogP contribution in [0, 0.1) is 11.6 Å². The van der Waals surface area contributed by atoms with E-state index in [9.17, 15) is 8.78 Å². The second-order valence-electron chi connectivity index (χ2n) is 8.39. The molecule has 2 aromatic heterocycles. The molecule has 5 rings (SSSR count). The predicted octanol–water partition coefficient (Wildman–Crippen LogP) is 4.18. The summed E-state index contributed by atoms with van der Waals surface area (Å²) >= 11 is 6.25. The summed E-state index contributed by atoms with van der Waals surface area (Å²) in [5.41, 5.74) is 1.10. The van der Waals surface area contributed by atoms with Gasteiger partial charge < -0.3 is 14.7 Å². The molecule has 0 saturated carbocycles. The average Bonchev–Trinajstić information content (AvgIpc) is 3.36. The standard InChI is InChI=1S/C23H24ClF2N7/c1-15-14-32(22-21(24)27-6-7-28-22)10-11-33(15)20-13-19(16-4-5-17(25)18(26)12-16)29-23(30-20)31-8-2-3-9-31/h4-7,12-13,15H,2-3,8-11,14H2,1H3. The highest BCUT2D eigenvalue weighted by molar-refractivity contribution is 6.31. The van der Waals surface area contributed by atoms with E-state index in [1.54, 1.807) is 18.5 Å². The Morgan fingerprint density at radius 2 is 1.70 bits per heavy atom. The Morgan fingerprint density at radius 3 is 2.42 bits per heavy atom. The zero-order valence-corrected chi connectivity index (χ0v) is 19.0. The largest absolute Gasteiger partial charge is 0.350 e. The van der Waals surface area contributed by atoms with Gasteiger partial charge in [0.25, 0.3) is 0 Å². The SMILES string of the molecule is CC1CN(c2nccnc2Cl)CCN1c1cc(-c2ccc(F)c(F)c2)nc(N2CCCC2)n1. The quantitative estimate of drug-likeness (QED) is 0.565. The summed E-state index contributed by atoms with van der Waals surface area (Å²) in [6.45, 7) is 5.98. The zero-order chi connectivity index (χ0) is 22.9. The Kier molecular flexibility index (Phi) is 5.97. The van der Waals surface area contributed by atoms with Gasteiger partial charge in [0.1, 0.15) is 5.82 Å². The topological polar surface area (TPSA) is 61.3 Å². The number of anilines is 3. The monoisotopic (exact) mass is 471 g/mol. The minimum Gasteiger partial charge on any atom is -0.350 e. The molecule has 0 N–H and O–H groups in total. The van der Waals surface area contributed by atoms with Crippen molar-refractivity contribution in [3.8, 4) is 11.3 Å². The number of hydrogen-bond donors (Lipinski definition) is 0. The van der Waals surface area contributed by atoms with Gasteiger partial charge >= 0.3 is 0 Å². The Balaban J connectivity index is 1.47. The van der Waals surface area contributed by atoms with Crippen molar-refractivity contribution in [2.75, 3.05) is 47.4 Å². The van der Waals surface area contributed by atoms with Crippen LogP contribution in [0.2, 0.25) is 5.15 Å². The normalized spacial score (nSPS) is 18.8. The lowest BCUT2D eigenvalue weighted by atomic mass is 10.1. The van der Waals surface area contributed by atoms with Gasteiger partial charge in [-0.2, -0.15) is 4.98 Å². The molecule has 172 valence electrons. The van der Waals surface area contributed by atoms with Crippen molar-refractivity contribution in [1.82, 2.24) is 19.9 Å². The summed E-state index contributed by atoms with van der Waals surface area (Å²) in [7, 11) is 0. The van der Waals surface area contributed by atoms with Crippen LogP contribution in [0.3, 0.4) is 0 Å². The number of nitrogens with zero attached hydrogens (tertiary/aromatic N) is 7. The maximum atomic E-state index is 14.0. The second kappa shape index (κ2) is 9.05. The molecule has 1 unspecified atom stereocenters. The molecule has 2 saturated heterocycles. The van der Waals surface area contributed by atoms with Crippen molar-refractivity contribution in [3.63, 3.8) is 0 Å². The third-order valence-electron chi connectivity index (χ3n) is 6.16. The lowest BCUT2D eigenvalue weighted by molar-refractivity contribution is 0.509. The Morgan fingerprint density at radius 1 is 0.909 bits per heavy atom. The van der Waals surface area contributed by atoms with Gasteiger partial charge in [0, 0.05) is 62.8 Å². The fourth-order valence-corrected chi connectivity index (χ4v) is 4.67. The minimum absolute atomic E-state index is 0.107. The molecule has 7 nitrogen and oxygen atoms in total. The van der Waals surface area contributed by atoms with Crippen molar-refractivity contribution >= 4 is 29.2 Å². The molecule has 0 bridgehead atoms. The first-order valence-corrected chi connectivity index (χ1v) is 11.4. The van der Waals surface area contributed by atoms with E-state index >= 15 is 0 Å².